The van der Waals surface area contributed by atoms with E-state index >= 15 is 0 Å². The maximum atomic E-state index is 13.9. The summed E-state index contributed by atoms with van der Waals surface area (Å²) in [6.07, 6.45) is 0.887. The van der Waals surface area contributed by atoms with Gasteiger partial charge < -0.3 is 14.6 Å². The van der Waals surface area contributed by atoms with Crippen molar-refractivity contribution in [2.24, 2.45) is 5.92 Å². The van der Waals surface area contributed by atoms with Crippen molar-refractivity contribution in [2.75, 3.05) is 26.2 Å². The van der Waals surface area contributed by atoms with Crippen LogP contribution < -0.4 is 9.47 Å². The van der Waals surface area contributed by atoms with Crippen molar-refractivity contribution in [3.8, 4) is 17.2 Å². The molecule has 2 aliphatic rings. The minimum Gasteiger partial charge on any atom is -0.508 e. The summed E-state index contributed by atoms with van der Waals surface area (Å²) in [4.78, 5) is 2.43. The molecule has 0 bridgehead atoms. The molecule has 0 spiro atoms. The van der Waals surface area contributed by atoms with Gasteiger partial charge >= 0.3 is 0 Å². The van der Waals surface area contributed by atoms with Crippen LogP contribution >= 0.6 is 0 Å². The Morgan fingerprint density at radius 3 is 2.49 bits per heavy atom. The van der Waals surface area contributed by atoms with Crippen LogP contribution in [0.15, 0.2) is 60.7 Å². The average molecular weight is 474 g/mol. The Hall–Kier alpha value is -3.31. The Morgan fingerprint density at radius 2 is 1.77 bits per heavy atom. The van der Waals surface area contributed by atoms with E-state index in [0.29, 0.717) is 12.4 Å². The minimum atomic E-state index is -0.364. The lowest BCUT2D eigenvalue weighted by Crippen LogP contribution is -2.47. The molecular formula is C30H32FNO3. The van der Waals surface area contributed by atoms with Crippen LogP contribution in [0.5, 0.6) is 17.2 Å². The molecule has 1 atom stereocenters. The summed E-state index contributed by atoms with van der Waals surface area (Å²) < 4.78 is 26.4. The molecule has 182 valence electrons. The van der Waals surface area contributed by atoms with Crippen LogP contribution in [0.4, 0.5) is 4.39 Å². The molecule has 2 aliphatic heterocycles. The van der Waals surface area contributed by atoms with Gasteiger partial charge in [0, 0.05) is 30.8 Å². The highest BCUT2D eigenvalue weighted by Gasteiger charge is 2.30. The zero-order valence-corrected chi connectivity index (χ0v) is 20.6. The van der Waals surface area contributed by atoms with Crippen molar-refractivity contribution in [1.29, 1.82) is 0 Å². The number of likely N-dealkylation sites (tertiary alicyclic amines) is 1. The van der Waals surface area contributed by atoms with Gasteiger partial charge in [0.25, 0.3) is 0 Å². The Labute approximate surface area is 206 Å². The molecule has 0 radical (unpaired) electrons. The lowest BCUT2D eigenvalue weighted by atomic mass is 9.84. The van der Waals surface area contributed by atoms with E-state index in [0.717, 1.165) is 51.6 Å². The number of hydrogen-bond acceptors (Lipinski definition) is 4. The first-order valence-electron chi connectivity index (χ1n) is 12.4. The molecule has 1 saturated heterocycles. The van der Waals surface area contributed by atoms with Crippen molar-refractivity contribution in [3.63, 3.8) is 0 Å². The summed E-state index contributed by atoms with van der Waals surface area (Å²) in [5, 5.41) is 10.1. The van der Waals surface area contributed by atoms with Crippen molar-refractivity contribution >= 4 is 11.1 Å². The molecule has 35 heavy (non-hydrogen) atoms. The third-order valence-corrected chi connectivity index (χ3v) is 7.23. The van der Waals surface area contributed by atoms with Gasteiger partial charge in [0.2, 0.25) is 0 Å². The van der Waals surface area contributed by atoms with Crippen LogP contribution in [-0.4, -0.2) is 36.2 Å². The van der Waals surface area contributed by atoms with Crippen molar-refractivity contribution < 1.29 is 19.0 Å². The Balaban J connectivity index is 1.40. The highest BCUT2D eigenvalue weighted by atomic mass is 19.1. The van der Waals surface area contributed by atoms with E-state index in [4.69, 9.17) is 9.47 Å². The van der Waals surface area contributed by atoms with Gasteiger partial charge in [0.1, 0.15) is 35.8 Å². The third kappa shape index (κ3) is 4.78. The number of aryl methyl sites for hydroxylation is 1. The number of fused-ring (bicyclic) bond motifs is 1. The summed E-state index contributed by atoms with van der Waals surface area (Å²) in [5.41, 5.74) is 5.58. The summed E-state index contributed by atoms with van der Waals surface area (Å²) in [6.45, 7) is 10.2. The van der Waals surface area contributed by atoms with Crippen LogP contribution in [0.3, 0.4) is 0 Å². The molecule has 1 N–H and O–H groups in total. The number of nitrogens with zero attached hydrogens (tertiary/aromatic N) is 1. The number of hydrogen-bond donors (Lipinski definition) is 1. The molecule has 5 rings (SSSR count). The van der Waals surface area contributed by atoms with Gasteiger partial charge in [-0.05, 0) is 84.5 Å². The SMILES string of the molecule is CCC1CN(CCOc2ccc(C3Oc4ccc(O)cc4C(C)=C3c3ccc(F)cc3C)cc2)C1. The number of aromatic hydroxyl groups is 1. The summed E-state index contributed by atoms with van der Waals surface area (Å²) in [7, 11) is 0. The van der Waals surface area contributed by atoms with Crippen molar-refractivity contribution in [2.45, 2.75) is 33.3 Å². The van der Waals surface area contributed by atoms with Gasteiger partial charge in [-0.25, -0.2) is 4.39 Å². The zero-order chi connectivity index (χ0) is 24.5. The second kappa shape index (κ2) is 9.74. The van der Waals surface area contributed by atoms with E-state index in [2.05, 4.69) is 11.8 Å². The fourth-order valence-electron chi connectivity index (χ4n) is 5.10. The molecule has 0 aromatic heterocycles. The van der Waals surface area contributed by atoms with E-state index in [1.165, 1.54) is 25.6 Å². The highest BCUT2D eigenvalue weighted by Crippen LogP contribution is 2.48. The van der Waals surface area contributed by atoms with E-state index in [9.17, 15) is 9.50 Å². The topological polar surface area (TPSA) is 41.9 Å². The quantitative estimate of drug-likeness (QED) is 0.418. The summed E-state index contributed by atoms with van der Waals surface area (Å²) in [5.74, 6) is 2.32. The van der Waals surface area contributed by atoms with E-state index in [1.807, 2.05) is 44.2 Å². The molecule has 3 aromatic rings. The molecule has 2 heterocycles. The summed E-state index contributed by atoms with van der Waals surface area (Å²) >= 11 is 0. The smallest absolute Gasteiger partial charge is 0.150 e. The van der Waals surface area contributed by atoms with Crippen LogP contribution in [0.25, 0.3) is 11.1 Å². The summed E-state index contributed by atoms with van der Waals surface area (Å²) in [6, 6.07) is 18.0. The second-order valence-electron chi connectivity index (χ2n) is 9.63. The standard InChI is InChI=1S/C30H32FNO3/c1-4-21-17-32(18-21)13-14-34-25-9-5-22(6-10-25)30-29(26-11-7-23(31)15-19(26)2)20(3)27-16-24(33)8-12-28(27)35-30/h5-12,15-16,21,30,33H,4,13-14,17-18H2,1-3H3. The van der Waals surface area contributed by atoms with E-state index in [1.54, 1.807) is 24.3 Å². The Morgan fingerprint density at radius 1 is 1.00 bits per heavy atom. The molecule has 0 amide bonds. The number of rotatable bonds is 7. The highest BCUT2D eigenvalue weighted by molar-refractivity contribution is 5.96. The number of halogens is 1. The van der Waals surface area contributed by atoms with Crippen molar-refractivity contribution in [1.82, 2.24) is 4.90 Å². The van der Waals surface area contributed by atoms with Gasteiger partial charge in [-0.3, -0.25) is 4.90 Å². The molecule has 1 unspecified atom stereocenters. The first kappa shape index (κ1) is 23.4. The second-order valence-corrected chi connectivity index (χ2v) is 9.63. The number of benzene rings is 3. The van der Waals surface area contributed by atoms with Crippen LogP contribution in [-0.2, 0) is 0 Å². The van der Waals surface area contributed by atoms with Crippen LogP contribution in [0.1, 0.15) is 48.6 Å². The molecular weight excluding hydrogens is 441 g/mol. The van der Waals surface area contributed by atoms with Gasteiger partial charge in [-0.15, -0.1) is 0 Å². The molecule has 0 saturated carbocycles. The van der Waals surface area contributed by atoms with E-state index < -0.39 is 0 Å². The van der Waals surface area contributed by atoms with Gasteiger partial charge in [0.15, 0.2) is 0 Å². The predicted octanol–water partition coefficient (Wildman–Crippen LogP) is 6.62. The number of phenolic OH excluding ortho intramolecular Hbond substituents is 1. The van der Waals surface area contributed by atoms with E-state index in [-0.39, 0.29) is 17.7 Å². The first-order valence-corrected chi connectivity index (χ1v) is 12.4. The zero-order valence-electron chi connectivity index (χ0n) is 20.6. The van der Waals surface area contributed by atoms with Gasteiger partial charge in [0.05, 0.1) is 0 Å². The molecule has 0 aliphatic carbocycles. The fourth-order valence-corrected chi connectivity index (χ4v) is 5.10. The number of allylic oxidation sites excluding steroid dienone is 1. The monoisotopic (exact) mass is 473 g/mol. The van der Waals surface area contributed by atoms with Gasteiger partial charge in [-0.1, -0.05) is 31.5 Å². The maximum Gasteiger partial charge on any atom is 0.150 e. The maximum absolute atomic E-state index is 13.9. The molecule has 5 heteroatoms. The minimum absolute atomic E-state index is 0.185. The normalized spacial score (nSPS) is 18.1. The van der Waals surface area contributed by atoms with Crippen LogP contribution in [0, 0.1) is 18.7 Å². The van der Waals surface area contributed by atoms with Gasteiger partial charge in [-0.2, -0.15) is 0 Å². The lowest BCUT2D eigenvalue weighted by Gasteiger charge is -2.38. The molecule has 1 fully saturated rings. The Kier molecular flexibility index (Phi) is 6.52. The molecule has 3 aromatic carbocycles. The largest absolute Gasteiger partial charge is 0.508 e. The first-order chi connectivity index (χ1) is 16.9. The number of phenols is 1. The van der Waals surface area contributed by atoms with Crippen molar-refractivity contribution in [3.05, 3.63) is 88.7 Å². The van der Waals surface area contributed by atoms with Crippen LogP contribution in [0.2, 0.25) is 0 Å². The fraction of sp³-hybridized carbons (Fsp3) is 0.333. The third-order valence-electron chi connectivity index (χ3n) is 7.23. The predicted molar refractivity (Wildman–Crippen MR) is 137 cm³/mol. The lowest BCUT2D eigenvalue weighted by molar-refractivity contribution is 0.0806. The average Bonchev–Trinajstić information content (AvgIpc) is 2.82. The Bertz CT molecular complexity index is 1240. The number of ether oxygens (including phenoxy) is 2. The molecule has 4 nitrogen and oxygen atoms in total.